The number of carboxylic acid groups (broad SMARTS) is 1. The first kappa shape index (κ1) is 12.9. The van der Waals surface area contributed by atoms with Crippen LogP contribution in [0.5, 0.6) is 0 Å². The van der Waals surface area contributed by atoms with E-state index in [9.17, 15) is 9.59 Å². The Hall–Kier alpha value is -1.14. The molecule has 1 heterocycles. The third-order valence-corrected chi connectivity index (χ3v) is 2.77. The fraction of sp³-hybridized carbons (Fsp3) is 0.800. The van der Waals surface area contributed by atoms with Gasteiger partial charge in [-0.1, -0.05) is 0 Å². The van der Waals surface area contributed by atoms with Crippen molar-refractivity contribution < 1.29 is 14.7 Å². The summed E-state index contributed by atoms with van der Waals surface area (Å²) >= 11 is 0. The van der Waals surface area contributed by atoms with Crippen LogP contribution in [-0.2, 0) is 9.59 Å². The Bertz CT molecular complexity index is 252. The molecule has 0 aliphatic carbocycles. The van der Waals surface area contributed by atoms with Crippen molar-refractivity contribution in [3.05, 3.63) is 0 Å². The molecule has 0 radical (unpaired) electrons. The van der Waals surface area contributed by atoms with Gasteiger partial charge in [0, 0.05) is 13.0 Å². The molecule has 1 saturated heterocycles. The number of nitrogens with one attached hydrogen (secondary N) is 2. The fourth-order valence-electron chi connectivity index (χ4n) is 1.73. The molecule has 0 spiro atoms. The van der Waals surface area contributed by atoms with Gasteiger partial charge in [-0.25, -0.2) is 0 Å². The lowest BCUT2D eigenvalue weighted by Gasteiger charge is -2.22. The average molecular weight is 229 g/mol. The number of nitrogens with two attached hydrogens (primary N) is 1. The largest absolute Gasteiger partial charge is 0.480 e. The third-order valence-electron chi connectivity index (χ3n) is 2.77. The SMILES string of the molecule is N[C@@H](CNC(=O)CC1CCNCC1)C(=O)O. The highest BCUT2D eigenvalue weighted by Crippen LogP contribution is 2.15. The number of carbonyl (C=O) groups excluding carboxylic acids is 1. The molecular formula is C10H19N3O3. The van der Waals surface area contributed by atoms with Gasteiger partial charge < -0.3 is 21.5 Å². The molecule has 1 aliphatic heterocycles. The fourth-order valence-corrected chi connectivity index (χ4v) is 1.73. The predicted octanol–water partition coefficient (Wildman–Crippen LogP) is -1.10. The number of piperidine rings is 1. The summed E-state index contributed by atoms with van der Waals surface area (Å²) in [6.07, 6.45) is 2.46. The minimum absolute atomic E-state index is 0.000856. The molecule has 1 amide bonds. The van der Waals surface area contributed by atoms with Gasteiger partial charge in [0.25, 0.3) is 0 Å². The van der Waals surface area contributed by atoms with Crippen molar-refractivity contribution in [3.63, 3.8) is 0 Å². The van der Waals surface area contributed by atoms with Gasteiger partial charge in [0.2, 0.25) is 5.91 Å². The first-order valence-corrected chi connectivity index (χ1v) is 5.55. The lowest BCUT2D eigenvalue weighted by molar-refractivity contribution is -0.138. The van der Waals surface area contributed by atoms with E-state index in [4.69, 9.17) is 10.8 Å². The summed E-state index contributed by atoms with van der Waals surface area (Å²) in [5, 5.41) is 14.3. The van der Waals surface area contributed by atoms with Crippen LogP contribution in [0.3, 0.4) is 0 Å². The van der Waals surface area contributed by atoms with E-state index in [1.807, 2.05) is 0 Å². The lowest BCUT2D eigenvalue weighted by Crippen LogP contribution is -2.43. The van der Waals surface area contributed by atoms with Gasteiger partial charge in [-0.15, -0.1) is 0 Å². The highest BCUT2D eigenvalue weighted by Gasteiger charge is 2.18. The summed E-state index contributed by atoms with van der Waals surface area (Å²) in [4.78, 5) is 21.9. The van der Waals surface area contributed by atoms with E-state index in [-0.39, 0.29) is 12.5 Å². The topological polar surface area (TPSA) is 104 Å². The second-order valence-electron chi connectivity index (χ2n) is 4.15. The van der Waals surface area contributed by atoms with Crippen molar-refractivity contribution in [1.29, 1.82) is 0 Å². The Morgan fingerprint density at radius 2 is 2.06 bits per heavy atom. The summed E-state index contributed by atoms with van der Waals surface area (Å²) < 4.78 is 0. The molecule has 6 nitrogen and oxygen atoms in total. The number of aliphatic carboxylic acids is 1. The van der Waals surface area contributed by atoms with E-state index in [1.54, 1.807) is 0 Å². The Balaban J connectivity index is 2.17. The van der Waals surface area contributed by atoms with Gasteiger partial charge in [0.05, 0.1) is 0 Å². The van der Waals surface area contributed by atoms with Crippen molar-refractivity contribution >= 4 is 11.9 Å². The highest BCUT2D eigenvalue weighted by molar-refractivity contribution is 5.78. The maximum absolute atomic E-state index is 11.5. The zero-order valence-electron chi connectivity index (χ0n) is 9.24. The molecule has 0 unspecified atom stereocenters. The first-order chi connectivity index (χ1) is 7.59. The molecule has 0 saturated carbocycles. The van der Waals surface area contributed by atoms with Crippen LogP contribution in [0.1, 0.15) is 19.3 Å². The molecule has 0 aromatic heterocycles. The van der Waals surface area contributed by atoms with Crippen LogP contribution in [0.15, 0.2) is 0 Å². The number of amides is 1. The van der Waals surface area contributed by atoms with Crippen molar-refractivity contribution in [2.75, 3.05) is 19.6 Å². The summed E-state index contributed by atoms with van der Waals surface area (Å²) in [7, 11) is 0. The molecule has 6 heteroatoms. The van der Waals surface area contributed by atoms with Crippen molar-refractivity contribution in [3.8, 4) is 0 Å². The average Bonchev–Trinajstić information content (AvgIpc) is 2.27. The number of carbonyl (C=O) groups is 2. The molecule has 5 N–H and O–H groups in total. The van der Waals surface area contributed by atoms with Crippen molar-refractivity contribution in [1.82, 2.24) is 10.6 Å². The third kappa shape index (κ3) is 4.59. The van der Waals surface area contributed by atoms with Crippen LogP contribution < -0.4 is 16.4 Å². The van der Waals surface area contributed by atoms with E-state index in [2.05, 4.69) is 10.6 Å². The summed E-state index contributed by atoms with van der Waals surface area (Å²) in [5.74, 6) is -0.798. The molecule has 16 heavy (non-hydrogen) atoms. The summed E-state index contributed by atoms with van der Waals surface area (Å²) in [6, 6.07) is -1.02. The van der Waals surface area contributed by atoms with Crippen LogP contribution in [-0.4, -0.2) is 42.7 Å². The van der Waals surface area contributed by atoms with Crippen LogP contribution >= 0.6 is 0 Å². The van der Waals surface area contributed by atoms with E-state index in [0.717, 1.165) is 25.9 Å². The van der Waals surface area contributed by atoms with Crippen LogP contribution in [0.4, 0.5) is 0 Å². The standard InChI is InChI=1S/C10H19N3O3/c11-8(10(15)16)6-13-9(14)5-7-1-3-12-4-2-7/h7-8,12H,1-6,11H2,(H,13,14)(H,15,16)/t8-/m0/s1. The first-order valence-electron chi connectivity index (χ1n) is 5.55. The molecule has 1 rings (SSSR count). The van der Waals surface area contributed by atoms with Gasteiger partial charge in [-0.2, -0.15) is 0 Å². The van der Waals surface area contributed by atoms with E-state index >= 15 is 0 Å². The quantitative estimate of drug-likeness (QED) is 0.479. The Labute approximate surface area is 94.6 Å². The van der Waals surface area contributed by atoms with Gasteiger partial charge in [0.15, 0.2) is 0 Å². The minimum Gasteiger partial charge on any atom is -0.480 e. The van der Waals surface area contributed by atoms with Crippen LogP contribution in [0, 0.1) is 5.92 Å². The smallest absolute Gasteiger partial charge is 0.322 e. The Kier molecular flexibility index (Phi) is 5.21. The number of rotatable bonds is 5. The molecule has 0 bridgehead atoms. The maximum atomic E-state index is 11.5. The summed E-state index contributed by atoms with van der Waals surface area (Å²) in [5.41, 5.74) is 5.27. The normalized spacial score (nSPS) is 19.1. The number of hydrogen-bond donors (Lipinski definition) is 4. The van der Waals surface area contributed by atoms with E-state index in [1.165, 1.54) is 0 Å². The molecule has 1 fully saturated rings. The van der Waals surface area contributed by atoms with E-state index < -0.39 is 12.0 Å². The number of hydrogen-bond acceptors (Lipinski definition) is 4. The Morgan fingerprint density at radius 1 is 1.44 bits per heavy atom. The van der Waals surface area contributed by atoms with Crippen LogP contribution in [0.25, 0.3) is 0 Å². The molecule has 1 atom stereocenters. The minimum atomic E-state index is -1.10. The predicted molar refractivity (Wildman–Crippen MR) is 58.8 cm³/mol. The van der Waals surface area contributed by atoms with Crippen molar-refractivity contribution in [2.24, 2.45) is 11.7 Å². The van der Waals surface area contributed by atoms with Gasteiger partial charge in [0.1, 0.15) is 6.04 Å². The van der Waals surface area contributed by atoms with Crippen LogP contribution in [0.2, 0.25) is 0 Å². The molecule has 0 aromatic rings. The monoisotopic (exact) mass is 229 g/mol. The second-order valence-corrected chi connectivity index (χ2v) is 4.15. The molecule has 0 aromatic carbocycles. The number of carboxylic acids is 1. The van der Waals surface area contributed by atoms with Gasteiger partial charge >= 0.3 is 5.97 Å². The summed E-state index contributed by atoms with van der Waals surface area (Å²) in [6.45, 7) is 1.90. The maximum Gasteiger partial charge on any atom is 0.322 e. The van der Waals surface area contributed by atoms with Gasteiger partial charge in [-0.05, 0) is 31.8 Å². The Morgan fingerprint density at radius 3 is 2.62 bits per heavy atom. The molecular weight excluding hydrogens is 210 g/mol. The van der Waals surface area contributed by atoms with Gasteiger partial charge in [-0.3, -0.25) is 9.59 Å². The molecule has 1 aliphatic rings. The zero-order chi connectivity index (χ0) is 12.0. The highest BCUT2D eigenvalue weighted by atomic mass is 16.4. The second kappa shape index (κ2) is 6.44. The lowest BCUT2D eigenvalue weighted by atomic mass is 9.94. The molecule has 92 valence electrons. The van der Waals surface area contributed by atoms with E-state index in [0.29, 0.717) is 12.3 Å². The zero-order valence-corrected chi connectivity index (χ0v) is 9.24. The van der Waals surface area contributed by atoms with Crippen molar-refractivity contribution in [2.45, 2.75) is 25.3 Å².